The molecule has 0 aromatic heterocycles. The van der Waals surface area contributed by atoms with Crippen LogP contribution in [-0.2, 0) is 9.47 Å². The molecule has 3 unspecified atom stereocenters. The number of likely N-dealkylation sites (N-methyl/N-ethyl adjacent to an activating group) is 1. The van der Waals surface area contributed by atoms with Gasteiger partial charge in [0.2, 0.25) is 0 Å². The topological polar surface area (TPSA) is 30.5 Å². The number of hydrogen-bond acceptors (Lipinski definition) is 3. The molecule has 0 bridgehead atoms. The van der Waals surface area contributed by atoms with Gasteiger partial charge in [0.1, 0.15) is 0 Å². The van der Waals surface area contributed by atoms with Gasteiger partial charge in [-0.2, -0.15) is 0 Å². The van der Waals surface area contributed by atoms with Crippen molar-refractivity contribution in [2.45, 2.75) is 38.8 Å². The number of rotatable bonds is 6. The summed E-state index contributed by atoms with van der Waals surface area (Å²) in [5, 5.41) is 3.32. The Morgan fingerprint density at radius 2 is 2.36 bits per heavy atom. The van der Waals surface area contributed by atoms with E-state index in [4.69, 9.17) is 9.47 Å². The van der Waals surface area contributed by atoms with E-state index in [1.54, 1.807) is 0 Å². The third-order valence-corrected chi connectivity index (χ3v) is 2.82. The minimum Gasteiger partial charge on any atom is -0.380 e. The second-order valence-electron chi connectivity index (χ2n) is 4.11. The molecule has 0 radical (unpaired) electrons. The number of ether oxygens (including phenoxy) is 2. The van der Waals surface area contributed by atoms with Crippen molar-refractivity contribution in [2.75, 3.05) is 26.9 Å². The van der Waals surface area contributed by atoms with Crippen LogP contribution in [-0.4, -0.2) is 39.0 Å². The second kappa shape index (κ2) is 6.38. The fraction of sp³-hybridized carbons (Fsp3) is 1.00. The van der Waals surface area contributed by atoms with Crippen LogP contribution in [0, 0.1) is 5.92 Å². The van der Waals surface area contributed by atoms with E-state index in [1.807, 2.05) is 7.05 Å². The predicted octanol–water partition coefficient (Wildman–Crippen LogP) is 1.43. The van der Waals surface area contributed by atoms with Crippen molar-refractivity contribution in [3.05, 3.63) is 0 Å². The summed E-state index contributed by atoms with van der Waals surface area (Å²) in [6, 6.07) is 0.450. The summed E-state index contributed by atoms with van der Waals surface area (Å²) in [4.78, 5) is 0. The van der Waals surface area contributed by atoms with Crippen molar-refractivity contribution in [3.8, 4) is 0 Å². The van der Waals surface area contributed by atoms with E-state index in [-0.39, 0.29) is 0 Å². The first kappa shape index (κ1) is 12.0. The third-order valence-electron chi connectivity index (χ3n) is 2.82. The first-order valence-corrected chi connectivity index (χ1v) is 5.64. The maximum Gasteiger partial charge on any atom is 0.0623 e. The second-order valence-corrected chi connectivity index (χ2v) is 4.11. The van der Waals surface area contributed by atoms with Gasteiger partial charge in [-0.15, -0.1) is 0 Å². The third kappa shape index (κ3) is 3.56. The maximum absolute atomic E-state index is 5.57. The van der Waals surface area contributed by atoms with Gasteiger partial charge in [0, 0.05) is 18.6 Å². The molecule has 1 saturated heterocycles. The number of hydrogen-bond donors (Lipinski definition) is 1. The summed E-state index contributed by atoms with van der Waals surface area (Å²) < 4.78 is 11.1. The van der Waals surface area contributed by atoms with Crippen molar-refractivity contribution in [1.82, 2.24) is 5.32 Å². The molecular weight excluding hydrogens is 178 g/mol. The van der Waals surface area contributed by atoms with Gasteiger partial charge in [-0.3, -0.25) is 0 Å². The Labute approximate surface area is 87.2 Å². The molecule has 1 N–H and O–H groups in total. The normalized spacial score (nSPS) is 29.4. The molecule has 0 spiro atoms. The van der Waals surface area contributed by atoms with E-state index in [9.17, 15) is 0 Å². The molecule has 0 aromatic carbocycles. The van der Waals surface area contributed by atoms with E-state index in [0.29, 0.717) is 18.1 Å². The fourth-order valence-electron chi connectivity index (χ4n) is 1.94. The van der Waals surface area contributed by atoms with Gasteiger partial charge >= 0.3 is 0 Å². The highest BCUT2D eigenvalue weighted by atomic mass is 16.5. The summed E-state index contributed by atoms with van der Waals surface area (Å²) in [7, 11) is 2.00. The maximum atomic E-state index is 5.57. The monoisotopic (exact) mass is 201 g/mol. The molecule has 3 atom stereocenters. The molecule has 1 aliphatic heterocycles. The minimum atomic E-state index is 0.419. The quantitative estimate of drug-likeness (QED) is 0.659. The molecule has 0 aromatic rings. The Bertz CT molecular complexity index is 152. The minimum absolute atomic E-state index is 0.419. The summed E-state index contributed by atoms with van der Waals surface area (Å²) in [6.07, 6.45) is 2.66. The summed E-state index contributed by atoms with van der Waals surface area (Å²) in [6.45, 7) is 6.82. The van der Waals surface area contributed by atoms with Crippen LogP contribution < -0.4 is 5.32 Å². The summed E-state index contributed by atoms with van der Waals surface area (Å²) in [5.41, 5.74) is 0. The average molecular weight is 201 g/mol. The van der Waals surface area contributed by atoms with Crippen LogP contribution in [0.5, 0.6) is 0 Å². The van der Waals surface area contributed by atoms with E-state index >= 15 is 0 Å². The first-order valence-electron chi connectivity index (χ1n) is 5.64. The summed E-state index contributed by atoms with van der Waals surface area (Å²) in [5.74, 6) is 0.617. The van der Waals surface area contributed by atoms with Crippen LogP contribution in [0.25, 0.3) is 0 Å². The van der Waals surface area contributed by atoms with Crippen LogP contribution in [0.1, 0.15) is 26.7 Å². The van der Waals surface area contributed by atoms with E-state index in [0.717, 1.165) is 32.7 Å². The highest BCUT2D eigenvalue weighted by molar-refractivity contribution is 4.81. The van der Waals surface area contributed by atoms with Crippen molar-refractivity contribution < 1.29 is 9.47 Å². The highest BCUT2D eigenvalue weighted by Gasteiger charge is 2.28. The lowest BCUT2D eigenvalue weighted by molar-refractivity contribution is 0.0845. The lowest BCUT2D eigenvalue weighted by Crippen LogP contribution is -2.38. The van der Waals surface area contributed by atoms with E-state index in [2.05, 4.69) is 19.2 Å². The summed E-state index contributed by atoms with van der Waals surface area (Å²) >= 11 is 0. The zero-order valence-corrected chi connectivity index (χ0v) is 9.58. The largest absolute Gasteiger partial charge is 0.380 e. The van der Waals surface area contributed by atoms with Gasteiger partial charge in [-0.05, 0) is 26.8 Å². The fourth-order valence-corrected chi connectivity index (χ4v) is 1.94. The molecule has 0 amide bonds. The Morgan fingerprint density at radius 1 is 1.57 bits per heavy atom. The first-order chi connectivity index (χ1) is 6.77. The van der Waals surface area contributed by atoms with E-state index in [1.165, 1.54) is 0 Å². The van der Waals surface area contributed by atoms with Crippen molar-refractivity contribution in [1.29, 1.82) is 0 Å². The van der Waals surface area contributed by atoms with Crippen LogP contribution in [0.2, 0.25) is 0 Å². The number of nitrogens with one attached hydrogen (secondary N) is 1. The Balaban J connectivity index is 2.23. The van der Waals surface area contributed by atoms with Crippen LogP contribution in [0.3, 0.4) is 0 Å². The van der Waals surface area contributed by atoms with Gasteiger partial charge < -0.3 is 14.8 Å². The molecule has 14 heavy (non-hydrogen) atoms. The molecule has 3 nitrogen and oxygen atoms in total. The zero-order chi connectivity index (χ0) is 10.4. The molecule has 3 heteroatoms. The van der Waals surface area contributed by atoms with Crippen molar-refractivity contribution in [2.24, 2.45) is 5.92 Å². The molecule has 1 aliphatic rings. The zero-order valence-electron chi connectivity index (χ0n) is 9.58. The van der Waals surface area contributed by atoms with Crippen molar-refractivity contribution in [3.63, 3.8) is 0 Å². The SMILES string of the molecule is CCCOCC(NC)C1COC(C)C1. The van der Waals surface area contributed by atoms with Gasteiger partial charge in [0.05, 0.1) is 19.3 Å². The van der Waals surface area contributed by atoms with Crippen molar-refractivity contribution >= 4 is 0 Å². The molecule has 84 valence electrons. The lowest BCUT2D eigenvalue weighted by atomic mass is 9.98. The molecule has 1 heterocycles. The highest BCUT2D eigenvalue weighted by Crippen LogP contribution is 2.22. The van der Waals surface area contributed by atoms with Crippen LogP contribution in [0.4, 0.5) is 0 Å². The lowest BCUT2D eigenvalue weighted by Gasteiger charge is -2.21. The smallest absolute Gasteiger partial charge is 0.0623 e. The Hall–Kier alpha value is -0.120. The predicted molar refractivity (Wildman–Crippen MR) is 57.5 cm³/mol. The molecule has 1 rings (SSSR count). The van der Waals surface area contributed by atoms with E-state index < -0.39 is 0 Å². The van der Waals surface area contributed by atoms with Gasteiger partial charge in [0.25, 0.3) is 0 Å². The Morgan fingerprint density at radius 3 is 2.86 bits per heavy atom. The van der Waals surface area contributed by atoms with Gasteiger partial charge in [0.15, 0.2) is 0 Å². The van der Waals surface area contributed by atoms with Crippen LogP contribution >= 0.6 is 0 Å². The standard InChI is InChI=1S/C11H23NO2/c1-4-5-13-8-11(12-3)10-6-9(2)14-7-10/h9-12H,4-8H2,1-3H3. The van der Waals surface area contributed by atoms with Gasteiger partial charge in [-0.1, -0.05) is 6.92 Å². The molecule has 0 aliphatic carbocycles. The molecule has 0 saturated carbocycles. The molecular formula is C11H23NO2. The molecule has 1 fully saturated rings. The average Bonchev–Trinajstić information content (AvgIpc) is 2.60. The Kier molecular flexibility index (Phi) is 5.45. The van der Waals surface area contributed by atoms with Crippen LogP contribution in [0.15, 0.2) is 0 Å². The van der Waals surface area contributed by atoms with Gasteiger partial charge in [-0.25, -0.2) is 0 Å².